The van der Waals surface area contributed by atoms with E-state index in [0.717, 1.165) is 11.1 Å². The van der Waals surface area contributed by atoms with Crippen molar-refractivity contribution in [1.29, 1.82) is 0 Å². The number of aromatic nitrogens is 2. The van der Waals surface area contributed by atoms with Crippen molar-refractivity contribution in [2.24, 2.45) is 0 Å². The molecule has 4 heteroatoms. The van der Waals surface area contributed by atoms with Gasteiger partial charge in [0.15, 0.2) is 5.69 Å². The van der Waals surface area contributed by atoms with Gasteiger partial charge in [-0.05, 0) is 25.0 Å². The van der Waals surface area contributed by atoms with Gasteiger partial charge in [0, 0.05) is 11.8 Å². The second-order valence-electron chi connectivity index (χ2n) is 3.99. The molecule has 0 N–H and O–H groups in total. The van der Waals surface area contributed by atoms with Gasteiger partial charge in [-0.15, -0.1) is 0 Å². The van der Waals surface area contributed by atoms with Crippen molar-refractivity contribution >= 4 is 5.97 Å². The van der Waals surface area contributed by atoms with Gasteiger partial charge in [0.2, 0.25) is 0 Å². The van der Waals surface area contributed by atoms with Crippen LogP contribution in [0.5, 0.6) is 0 Å². The van der Waals surface area contributed by atoms with Gasteiger partial charge in [-0.3, -0.25) is 0 Å². The smallest absolute Gasteiger partial charge is 0.357 e. The Morgan fingerprint density at radius 1 is 1.17 bits per heavy atom. The number of carbonyl (C=O) groups is 1. The number of esters is 1. The number of ether oxygens (including phenoxy) is 1. The summed E-state index contributed by atoms with van der Waals surface area (Å²) in [7, 11) is 1.35. The lowest BCUT2D eigenvalue weighted by Gasteiger charge is -2.09. The van der Waals surface area contributed by atoms with Crippen molar-refractivity contribution in [3.63, 3.8) is 0 Å². The molecule has 1 aromatic carbocycles. The summed E-state index contributed by atoms with van der Waals surface area (Å²) >= 11 is 0. The SMILES string of the molecule is COC(=O)c1nc(C)ncc1-c1ccccc1C. The molecule has 0 saturated heterocycles. The number of hydrogen-bond donors (Lipinski definition) is 0. The van der Waals surface area contributed by atoms with Crippen LogP contribution in [0.2, 0.25) is 0 Å². The second kappa shape index (κ2) is 4.96. The molecule has 0 atom stereocenters. The third-order valence-corrected chi connectivity index (χ3v) is 2.72. The Morgan fingerprint density at radius 2 is 1.89 bits per heavy atom. The molecule has 2 rings (SSSR count). The first-order valence-corrected chi connectivity index (χ1v) is 5.61. The van der Waals surface area contributed by atoms with Gasteiger partial charge < -0.3 is 4.74 Å². The summed E-state index contributed by atoms with van der Waals surface area (Å²) in [5.41, 5.74) is 3.01. The lowest BCUT2D eigenvalue weighted by Crippen LogP contribution is -2.09. The van der Waals surface area contributed by atoms with Crippen LogP contribution in [0.3, 0.4) is 0 Å². The van der Waals surface area contributed by atoms with Crippen LogP contribution in [0.1, 0.15) is 21.9 Å². The average molecular weight is 242 g/mol. The zero-order valence-corrected chi connectivity index (χ0v) is 10.6. The van der Waals surface area contributed by atoms with Gasteiger partial charge in [-0.1, -0.05) is 24.3 Å². The molecule has 0 saturated carbocycles. The molecule has 2 aromatic rings. The molecule has 0 amide bonds. The molecular formula is C14H14N2O2. The van der Waals surface area contributed by atoms with Gasteiger partial charge in [0.25, 0.3) is 0 Å². The molecule has 92 valence electrons. The minimum absolute atomic E-state index is 0.305. The van der Waals surface area contributed by atoms with E-state index in [1.165, 1.54) is 7.11 Å². The zero-order chi connectivity index (χ0) is 13.1. The number of benzene rings is 1. The summed E-state index contributed by atoms with van der Waals surface area (Å²) in [6.07, 6.45) is 1.66. The molecule has 0 fully saturated rings. The topological polar surface area (TPSA) is 52.1 Å². The van der Waals surface area contributed by atoms with E-state index in [2.05, 4.69) is 9.97 Å². The summed E-state index contributed by atoms with van der Waals surface area (Å²) in [4.78, 5) is 20.1. The van der Waals surface area contributed by atoms with Crippen molar-refractivity contribution in [3.8, 4) is 11.1 Å². The van der Waals surface area contributed by atoms with E-state index in [9.17, 15) is 4.79 Å². The molecule has 0 aliphatic carbocycles. The maximum atomic E-state index is 11.8. The molecule has 0 unspecified atom stereocenters. The first kappa shape index (κ1) is 12.2. The van der Waals surface area contributed by atoms with Crippen molar-refractivity contribution in [2.45, 2.75) is 13.8 Å². The second-order valence-corrected chi connectivity index (χ2v) is 3.99. The standard InChI is InChI=1S/C14H14N2O2/c1-9-6-4-5-7-11(9)12-8-15-10(2)16-13(12)14(17)18-3/h4-8H,1-3H3. The Morgan fingerprint density at radius 3 is 2.56 bits per heavy atom. The molecular weight excluding hydrogens is 228 g/mol. The highest BCUT2D eigenvalue weighted by atomic mass is 16.5. The number of rotatable bonds is 2. The average Bonchev–Trinajstić information content (AvgIpc) is 2.39. The lowest BCUT2D eigenvalue weighted by atomic mass is 10.0. The molecule has 4 nitrogen and oxygen atoms in total. The van der Waals surface area contributed by atoms with Crippen LogP contribution < -0.4 is 0 Å². The molecule has 0 bridgehead atoms. The fraction of sp³-hybridized carbons (Fsp3) is 0.214. The molecule has 1 heterocycles. The van der Waals surface area contributed by atoms with E-state index in [1.54, 1.807) is 13.1 Å². The van der Waals surface area contributed by atoms with Crippen LogP contribution in [0.4, 0.5) is 0 Å². The first-order valence-electron chi connectivity index (χ1n) is 5.61. The van der Waals surface area contributed by atoms with Crippen LogP contribution in [-0.4, -0.2) is 23.0 Å². The Bertz CT molecular complexity index is 594. The predicted molar refractivity (Wildman–Crippen MR) is 68.3 cm³/mol. The quantitative estimate of drug-likeness (QED) is 0.759. The summed E-state index contributed by atoms with van der Waals surface area (Å²) in [5, 5.41) is 0. The van der Waals surface area contributed by atoms with Crippen LogP contribution in [0.15, 0.2) is 30.5 Å². The van der Waals surface area contributed by atoms with Crippen LogP contribution in [0.25, 0.3) is 11.1 Å². The highest BCUT2D eigenvalue weighted by molar-refractivity contribution is 5.95. The Balaban J connectivity index is 2.64. The number of hydrogen-bond acceptors (Lipinski definition) is 4. The fourth-order valence-corrected chi connectivity index (χ4v) is 1.79. The monoisotopic (exact) mass is 242 g/mol. The van der Waals surface area contributed by atoms with Crippen LogP contribution in [0, 0.1) is 13.8 Å². The highest BCUT2D eigenvalue weighted by Gasteiger charge is 2.17. The summed E-state index contributed by atoms with van der Waals surface area (Å²) in [5.74, 6) is 0.103. The van der Waals surface area contributed by atoms with E-state index < -0.39 is 5.97 Å². The number of carbonyl (C=O) groups excluding carboxylic acids is 1. The Kier molecular flexibility index (Phi) is 3.37. The number of methoxy groups -OCH3 is 1. The van der Waals surface area contributed by atoms with Gasteiger partial charge in [-0.25, -0.2) is 14.8 Å². The van der Waals surface area contributed by atoms with Gasteiger partial charge in [0.05, 0.1) is 7.11 Å². The van der Waals surface area contributed by atoms with E-state index in [4.69, 9.17) is 4.74 Å². The van der Waals surface area contributed by atoms with Crippen molar-refractivity contribution < 1.29 is 9.53 Å². The van der Waals surface area contributed by atoms with E-state index in [-0.39, 0.29) is 0 Å². The summed E-state index contributed by atoms with van der Waals surface area (Å²) < 4.78 is 4.76. The number of aryl methyl sites for hydroxylation is 2. The fourth-order valence-electron chi connectivity index (χ4n) is 1.79. The molecule has 0 aliphatic heterocycles. The summed E-state index contributed by atoms with van der Waals surface area (Å²) in [6.45, 7) is 3.73. The molecule has 0 aliphatic rings. The van der Waals surface area contributed by atoms with Crippen molar-refractivity contribution in [3.05, 3.63) is 47.5 Å². The van der Waals surface area contributed by atoms with Crippen LogP contribution in [-0.2, 0) is 4.74 Å². The minimum Gasteiger partial charge on any atom is -0.464 e. The van der Waals surface area contributed by atoms with Gasteiger partial charge in [-0.2, -0.15) is 0 Å². The van der Waals surface area contributed by atoms with Crippen LogP contribution >= 0.6 is 0 Å². The third kappa shape index (κ3) is 2.22. The zero-order valence-electron chi connectivity index (χ0n) is 10.6. The van der Waals surface area contributed by atoms with E-state index in [1.807, 2.05) is 31.2 Å². The largest absolute Gasteiger partial charge is 0.464 e. The molecule has 0 radical (unpaired) electrons. The van der Waals surface area contributed by atoms with E-state index >= 15 is 0 Å². The Labute approximate surface area is 106 Å². The van der Waals surface area contributed by atoms with Crippen molar-refractivity contribution in [2.75, 3.05) is 7.11 Å². The normalized spacial score (nSPS) is 10.2. The predicted octanol–water partition coefficient (Wildman–Crippen LogP) is 2.55. The van der Waals surface area contributed by atoms with Gasteiger partial charge >= 0.3 is 5.97 Å². The molecule has 18 heavy (non-hydrogen) atoms. The first-order chi connectivity index (χ1) is 8.63. The Hall–Kier alpha value is -2.23. The lowest BCUT2D eigenvalue weighted by molar-refractivity contribution is 0.0594. The van der Waals surface area contributed by atoms with Crippen molar-refractivity contribution in [1.82, 2.24) is 9.97 Å². The van der Waals surface area contributed by atoms with E-state index in [0.29, 0.717) is 17.1 Å². The summed E-state index contributed by atoms with van der Waals surface area (Å²) in [6, 6.07) is 7.79. The maximum Gasteiger partial charge on any atom is 0.357 e. The molecule has 0 spiro atoms. The molecule has 1 aromatic heterocycles. The highest BCUT2D eigenvalue weighted by Crippen LogP contribution is 2.25. The van der Waals surface area contributed by atoms with Gasteiger partial charge in [0.1, 0.15) is 5.82 Å². The maximum absolute atomic E-state index is 11.8. The third-order valence-electron chi connectivity index (χ3n) is 2.72. The minimum atomic E-state index is -0.446. The number of nitrogens with zero attached hydrogens (tertiary/aromatic N) is 2.